The van der Waals surface area contributed by atoms with Crippen molar-refractivity contribution in [3.8, 4) is 5.82 Å². The van der Waals surface area contributed by atoms with E-state index >= 15 is 0 Å². The Morgan fingerprint density at radius 3 is 2.60 bits per heavy atom. The summed E-state index contributed by atoms with van der Waals surface area (Å²) < 4.78 is 1.63. The predicted molar refractivity (Wildman–Crippen MR) is 58.1 cm³/mol. The molecule has 0 saturated carbocycles. The topological polar surface area (TPSA) is 69.6 Å². The summed E-state index contributed by atoms with van der Waals surface area (Å²) in [5, 5.41) is 4.89. The minimum atomic E-state index is 0.358. The van der Waals surface area contributed by atoms with E-state index in [4.69, 9.17) is 17.3 Å². The van der Waals surface area contributed by atoms with Gasteiger partial charge >= 0.3 is 0 Å². The van der Waals surface area contributed by atoms with Crippen LogP contribution in [0.1, 0.15) is 11.4 Å². The number of rotatable bonds is 1. The maximum Gasteiger partial charge on any atom is 0.174 e. The van der Waals surface area contributed by atoms with Crippen molar-refractivity contribution in [2.75, 3.05) is 5.73 Å². The van der Waals surface area contributed by atoms with Crippen LogP contribution in [0.4, 0.5) is 5.82 Å². The first-order chi connectivity index (χ1) is 7.09. The van der Waals surface area contributed by atoms with Crippen LogP contribution in [0.5, 0.6) is 0 Å². The van der Waals surface area contributed by atoms with Crippen LogP contribution in [0.3, 0.4) is 0 Å². The average molecular weight is 224 g/mol. The zero-order valence-electron chi connectivity index (χ0n) is 8.40. The van der Waals surface area contributed by atoms with Crippen molar-refractivity contribution >= 4 is 17.4 Å². The van der Waals surface area contributed by atoms with E-state index in [-0.39, 0.29) is 0 Å². The maximum absolute atomic E-state index is 6.03. The van der Waals surface area contributed by atoms with Gasteiger partial charge in [0.05, 0.1) is 28.8 Å². The second-order valence-corrected chi connectivity index (χ2v) is 3.58. The molecular formula is C9H10ClN5. The van der Waals surface area contributed by atoms with Crippen molar-refractivity contribution in [2.45, 2.75) is 13.8 Å². The fourth-order valence-corrected chi connectivity index (χ4v) is 1.44. The molecule has 6 heteroatoms. The summed E-state index contributed by atoms with van der Waals surface area (Å²) >= 11 is 6.03. The number of nitrogens with zero attached hydrogens (tertiary/aromatic N) is 4. The molecule has 2 aromatic rings. The van der Waals surface area contributed by atoms with Gasteiger partial charge in [0, 0.05) is 0 Å². The van der Waals surface area contributed by atoms with E-state index in [0.717, 1.165) is 11.4 Å². The van der Waals surface area contributed by atoms with Crippen LogP contribution in [0, 0.1) is 13.8 Å². The van der Waals surface area contributed by atoms with Crippen LogP contribution in [-0.2, 0) is 0 Å². The number of nitrogens with two attached hydrogens (primary N) is 1. The van der Waals surface area contributed by atoms with Gasteiger partial charge in [-0.15, -0.1) is 0 Å². The molecule has 0 amide bonds. The molecule has 0 fully saturated rings. The molecule has 0 aliphatic carbocycles. The maximum atomic E-state index is 6.03. The lowest BCUT2D eigenvalue weighted by molar-refractivity contribution is 0.801. The predicted octanol–water partition coefficient (Wildman–Crippen LogP) is 1.51. The molecule has 78 valence electrons. The SMILES string of the molecule is Cc1nn(-c2cncc(N)n2)c(C)c1Cl. The van der Waals surface area contributed by atoms with Crippen molar-refractivity contribution in [1.29, 1.82) is 0 Å². The minimum absolute atomic E-state index is 0.358. The third-order valence-electron chi connectivity index (χ3n) is 2.06. The molecule has 2 N–H and O–H groups in total. The Morgan fingerprint density at radius 2 is 2.07 bits per heavy atom. The van der Waals surface area contributed by atoms with E-state index in [1.165, 1.54) is 6.20 Å². The number of halogens is 1. The monoisotopic (exact) mass is 223 g/mol. The Morgan fingerprint density at radius 1 is 1.33 bits per heavy atom. The Bertz CT molecular complexity index is 505. The fourth-order valence-electron chi connectivity index (χ4n) is 1.32. The molecule has 0 aliphatic rings. The third-order valence-corrected chi connectivity index (χ3v) is 2.61. The number of nitrogen functional groups attached to an aromatic ring is 1. The number of hydrogen-bond acceptors (Lipinski definition) is 4. The molecule has 2 aromatic heterocycles. The lowest BCUT2D eigenvalue weighted by Crippen LogP contribution is -2.04. The van der Waals surface area contributed by atoms with Gasteiger partial charge in [0.15, 0.2) is 5.82 Å². The lowest BCUT2D eigenvalue weighted by Gasteiger charge is -2.02. The van der Waals surface area contributed by atoms with Crippen LogP contribution in [0.15, 0.2) is 12.4 Å². The third kappa shape index (κ3) is 1.66. The van der Waals surface area contributed by atoms with E-state index in [2.05, 4.69) is 15.1 Å². The zero-order valence-corrected chi connectivity index (χ0v) is 9.15. The zero-order chi connectivity index (χ0) is 11.0. The quantitative estimate of drug-likeness (QED) is 0.796. The van der Waals surface area contributed by atoms with Crippen LogP contribution in [0.25, 0.3) is 5.82 Å². The van der Waals surface area contributed by atoms with E-state index in [1.54, 1.807) is 10.9 Å². The van der Waals surface area contributed by atoms with E-state index < -0.39 is 0 Å². The van der Waals surface area contributed by atoms with Crippen molar-refractivity contribution in [2.24, 2.45) is 0 Å². The molecule has 0 aromatic carbocycles. The van der Waals surface area contributed by atoms with Crippen molar-refractivity contribution in [1.82, 2.24) is 19.7 Å². The van der Waals surface area contributed by atoms with Gasteiger partial charge in [-0.25, -0.2) is 9.67 Å². The number of hydrogen-bond donors (Lipinski definition) is 1. The molecule has 0 spiro atoms. The van der Waals surface area contributed by atoms with Gasteiger partial charge in [0.1, 0.15) is 5.82 Å². The van der Waals surface area contributed by atoms with Crippen molar-refractivity contribution < 1.29 is 0 Å². The van der Waals surface area contributed by atoms with E-state index in [1.807, 2.05) is 13.8 Å². The molecular weight excluding hydrogens is 214 g/mol. The Hall–Kier alpha value is -1.62. The smallest absolute Gasteiger partial charge is 0.174 e. The summed E-state index contributed by atoms with van der Waals surface area (Å²) in [5.41, 5.74) is 7.13. The molecule has 2 heterocycles. The van der Waals surface area contributed by atoms with Gasteiger partial charge in [0.25, 0.3) is 0 Å². The summed E-state index contributed by atoms with van der Waals surface area (Å²) in [6, 6.07) is 0. The molecule has 5 nitrogen and oxygen atoms in total. The molecule has 0 unspecified atom stereocenters. The lowest BCUT2D eigenvalue weighted by atomic mass is 10.4. The highest BCUT2D eigenvalue weighted by molar-refractivity contribution is 6.31. The van der Waals surface area contributed by atoms with Gasteiger partial charge in [0.2, 0.25) is 0 Å². The molecule has 0 radical (unpaired) electrons. The summed E-state index contributed by atoms with van der Waals surface area (Å²) in [5.74, 6) is 0.929. The van der Waals surface area contributed by atoms with Crippen molar-refractivity contribution in [3.63, 3.8) is 0 Å². The first-order valence-electron chi connectivity index (χ1n) is 4.39. The van der Waals surface area contributed by atoms with Gasteiger partial charge in [-0.05, 0) is 13.8 Å². The van der Waals surface area contributed by atoms with Gasteiger partial charge in [-0.1, -0.05) is 11.6 Å². The number of aryl methyl sites for hydroxylation is 1. The highest BCUT2D eigenvalue weighted by atomic mass is 35.5. The van der Waals surface area contributed by atoms with E-state index in [0.29, 0.717) is 16.7 Å². The average Bonchev–Trinajstić information content (AvgIpc) is 2.46. The van der Waals surface area contributed by atoms with E-state index in [9.17, 15) is 0 Å². The summed E-state index contributed by atoms with van der Waals surface area (Å²) in [4.78, 5) is 8.07. The molecule has 2 rings (SSSR count). The van der Waals surface area contributed by atoms with Gasteiger partial charge in [-0.2, -0.15) is 5.10 Å². The normalized spacial score (nSPS) is 10.6. The van der Waals surface area contributed by atoms with Gasteiger partial charge in [-0.3, -0.25) is 4.98 Å². The first kappa shape index (κ1) is 9.92. The molecule has 15 heavy (non-hydrogen) atoms. The summed E-state index contributed by atoms with van der Waals surface area (Å²) in [7, 11) is 0. The molecule has 0 atom stereocenters. The van der Waals surface area contributed by atoms with Crippen LogP contribution in [0.2, 0.25) is 5.02 Å². The number of aromatic nitrogens is 4. The largest absolute Gasteiger partial charge is 0.382 e. The second-order valence-electron chi connectivity index (χ2n) is 3.20. The summed E-state index contributed by atoms with van der Waals surface area (Å²) in [6.45, 7) is 3.71. The highest BCUT2D eigenvalue weighted by Crippen LogP contribution is 2.21. The minimum Gasteiger partial charge on any atom is -0.382 e. The highest BCUT2D eigenvalue weighted by Gasteiger charge is 2.11. The van der Waals surface area contributed by atoms with Crippen LogP contribution >= 0.6 is 11.6 Å². The molecule has 0 bridgehead atoms. The number of anilines is 1. The van der Waals surface area contributed by atoms with Gasteiger partial charge < -0.3 is 5.73 Å². The second kappa shape index (κ2) is 3.51. The Labute approximate surface area is 91.9 Å². The Balaban J connectivity index is 2.59. The standard InChI is InChI=1S/C9H10ClN5/c1-5-9(10)6(2)15(14-5)8-4-12-3-7(11)13-8/h3-4H,1-2H3,(H2,11,13). The Kier molecular flexibility index (Phi) is 2.32. The summed E-state index contributed by atoms with van der Waals surface area (Å²) in [6.07, 6.45) is 3.07. The van der Waals surface area contributed by atoms with Crippen LogP contribution < -0.4 is 5.73 Å². The van der Waals surface area contributed by atoms with Crippen LogP contribution in [-0.4, -0.2) is 19.7 Å². The molecule has 0 saturated heterocycles. The fraction of sp³-hybridized carbons (Fsp3) is 0.222. The molecule has 0 aliphatic heterocycles. The van der Waals surface area contributed by atoms with Crippen molar-refractivity contribution in [3.05, 3.63) is 28.8 Å². The first-order valence-corrected chi connectivity index (χ1v) is 4.77.